The number of aromatic nitrogens is 1. The van der Waals surface area contributed by atoms with Crippen molar-refractivity contribution in [1.29, 1.82) is 0 Å². The zero-order valence-corrected chi connectivity index (χ0v) is 14.5. The Bertz CT molecular complexity index is 638. The molecule has 0 N–H and O–H groups in total. The molecule has 8 heteroatoms. The van der Waals surface area contributed by atoms with Crippen LogP contribution in [0, 0.1) is 0 Å². The minimum atomic E-state index is -3.66. The van der Waals surface area contributed by atoms with Crippen LogP contribution in [0.4, 0.5) is 0 Å². The van der Waals surface area contributed by atoms with Gasteiger partial charge in [0.05, 0.1) is 18.8 Å². The molecule has 2 atom stereocenters. The molecule has 2 heterocycles. The molecule has 1 saturated carbocycles. The summed E-state index contributed by atoms with van der Waals surface area (Å²) in [5.74, 6) is 0. The average Bonchev–Trinajstić information content (AvgIpc) is 2.49. The molecule has 1 saturated heterocycles. The molecule has 3 rings (SSSR count). The number of halogens is 2. The van der Waals surface area contributed by atoms with Gasteiger partial charge in [0.15, 0.2) is 0 Å². The summed E-state index contributed by atoms with van der Waals surface area (Å²) in [5, 5.41) is 0.0112. The molecule has 1 aromatic heterocycles. The molecule has 21 heavy (non-hydrogen) atoms. The summed E-state index contributed by atoms with van der Waals surface area (Å²) >= 11 is 9.26. The van der Waals surface area contributed by atoms with Crippen LogP contribution in [0.15, 0.2) is 21.6 Å². The Morgan fingerprint density at radius 2 is 2.14 bits per heavy atom. The van der Waals surface area contributed by atoms with Crippen LogP contribution in [0.1, 0.15) is 25.7 Å². The van der Waals surface area contributed by atoms with E-state index in [1.165, 1.54) is 12.3 Å². The first-order valence-corrected chi connectivity index (χ1v) is 9.56. The second-order valence-corrected chi connectivity index (χ2v) is 8.45. The molecule has 1 aliphatic carbocycles. The first kappa shape index (κ1) is 15.7. The lowest BCUT2D eigenvalue weighted by Gasteiger charge is -2.42. The largest absolute Gasteiger partial charge is 0.375 e. The Kier molecular flexibility index (Phi) is 4.57. The van der Waals surface area contributed by atoms with Crippen molar-refractivity contribution in [3.63, 3.8) is 0 Å². The van der Waals surface area contributed by atoms with Gasteiger partial charge in [-0.1, -0.05) is 24.4 Å². The monoisotopic (exact) mass is 394 g/mol. The lowest BCUT2D eigenvalue weighted by molar-refractivity contribution is -0.0586. The standard InChI is InChI=1S/C13H16BrClN2O3S/c14-9-7-12(13(15)16-8-9)21(18,19)17-5-6-20-11-4-2-1-3-10(11)17/h7-8,10-11H,1-6H2. The second-order valence-electron chi connectivity index (χ2n) is 5.32. The molecular formula is C13H16BrClN2O3S. The van der Waals surface area contributed by atoms with Crippen molar-refractivity contribution < 1.29 is 13.2 Å². The summed E-state index contributed by atoms with van der Waals surface area (Å²) in [7, 11) is -3.66. The maximum Gasteiger partial charge on any atom is 0.246 e. The fourth-order valence-corrected chi connectivity index (χ4v) is 5.66. The first-order chi connectivity index (χ1) is 10.00. The number of fused-ring (bicyclic) bond motifs is 1. The van der Waals surface area contributed by atoms with Crippen LogP contribution in [0.5, 0.6) is 0 Å². The quantitative estimate of drug-likeness (QED) is 0.723. The van der Waals surface area contributed by atoms with Crippen molar-refractivity contribution in [2.75, 3.05) is 13.2 Å². The highest BCUT2D eigenvalue weighted by Crippen LogP contribution is 2.34. The van der Waals surface area contributed by atoms with E-state index in [0.29, 0.717) is 17.6 Å². The molecule has 1 aliphatic heterocycles. The van der Waals surface area contributed by atoms with E-state index in [-0.39, 0.29) is 22.2 Å². The minimum absolute atomic E-state index is 0.00108. The van der Waals surface area contributed by atoms with E-state index in [0.717, 1.165) is 25.7 Å². The van der Waals surface area contributed by atoms with E-state index in [2.05, 4.69) is 20.9 Å². The highest BCUT2D eigenvalue weighted by atomic mass is 79.9. The van der Waals surface area contributed by atoms with E-state index >= 15 is 0 Å². The van der Waals surface area contributed by atoms with Crippen LogP contribution >= 0.6 is 27.5 Å². The molecule has 2 fully saturated rings. The van der Waals surface area contributed by atoms with Gasteiger partial charge in [-0.25, -0.2) is 13.4 Å². The molecular weight excluding hydrogens is 380 g/mol. The molecule has 0 spiro atoms. The number of nitrogens with zero attached hydrogens (tertiary/aromatic N) is 2. The Morgan fingerprint density at radius 1 is 1.38 bits per heavy atom. The Morgan fingerprint density at radius 3 is 2.95 bits per heavy atom. The number of hydrogen-bond donors (Lipinski definition) is 0. The fourth-order valence-electron chi connectivity index (χ4n) is 3.07. The molecule has 1 aromatic rings. The molecule has 116 valence electrons. The van der Waals surface area contributed by atoms with Crippen LogP contribution in [-0.2, 0) is 14.8 Å². The molecule has 0 bridgehead atoms. The zero-order valence-electron chi connectivity index (χ0n) is 11.3. The van der Waals surface area contributed by atoms with Crippen LogP contribution < -0.4 is 0 Å². The van der Waals surface area contributed by atoms with Gasteiger partial charge in [-0.15, -0.1) is 0 Å². The summed E-state index contributed by atoms with van der Waals surface area (Å²) in [6, 6.07) is 1.42. The molecule has 0 aromatic carbocycles. The minimum Gasteiger partial charge on any atom is -0.375 e. The lowest BCUT2D eigenvalue weighted by atomic mass is 9.91. The summed E-state index contributed by atoms with van der Waals surface area (Å²) in [6.45, 7) is 0.797. The van der Waals surface area contributed by atoms with Gasteiger partial charge in [0.25, 0.3) is 0 Å². The lowest BCUT2D eigenvalue weighted by Crippen LogP contribution is -2.54. The topological polar surface area (TPSA) is 59.5 Å². The van der Waals surface area contributed by atoms with Gasteiger partial charge >= 0.3 is 0 Å². The van der Waals surface area contributed by atoms with E-state index in [1.54, 1.807) is 4.31 Å². The Balaban J connectivity index is 1.98. The first-order valence-electron chi connectivity index (χ1n) is 6.94. The van der Waals surface area contributed by atoms with Gasteiger partial charge in [-0.05, 0) is 34.8 Å². The maximum absolute atomic E-state index is 12.9. The second kappa shape index (κ2) is 6.12. The fraction of sp³-hybridized carbons (Fsp3) is 0.615. The van der Waals surface area contributed by atoms with Gasteiger partial charge in [-0.3, -0.25) is 0 Å². The van der Waals surface area contributed by atoms with Crippen LogP contribution in [0.3, 0.4) is 0 Å². The third-order valence-electron chi connectivity index (χ3n) is 4.04. The molecule has 0 amide bonds. The normalized spacial score (nSPS) is 27.3. The van der Waals surface area contributed by atoms with Gasteiger partial charge in [0, 0.05) is 17.2 Å². The maximum atomic E-state index is 12.9. The average molecular weight is 396 g/mol. The van der Waals surface area contributed by atoms with E-state index in [4.69, 9.17) is 16.3 Å². The van der Waals surface area contributed by atoms with Crippen molar-refractivity contribution in [1.82, 2.24) is 9.29 Å². The number of pyridine rings is 1. The van der Waals surface area contributed by atoms with Crippen LogP contribution in [-0.4, -0.2) is 43.0 Å². The summed E-state index contributed by atoms with van der Waals surface area (Å²) in [5.41, 5.74) is 0. The predicted molar refractivity (Wildman–Crippen MR) is 82.8 cm³/mol. The summed E-state index contributed by atoms with van der Waals surface area (Å²) < 4.78 is 33.8. The third kappa shape index (κ3) is 2.99. The number of sulfonamides is 1. The molecule has 5 nitrogen and oxygen atoms in total. The van der Waals surface area contributed by atoms with Gasteiger partial charge in [0.1, 0.15) is 10.0 Å². The van der Waals surface area contributed by atoms with Crippen molar-refractivity contribution in [2.24, 2.45) is 0 Å². The SMILES string of the molecule is O=S(=O)(c1cc(Br)cnc1Cl)N1CCOC2CCCCC21. The predicted octanol–water partition coefficient (Wildman–Crippen LogP) is 2.83. The van der Waals surface area contributed by atoms with Crippen molar-refractivity contribution in [3.05, 3.63) is 21.9 Å². The zero-order chi connectivity index (χ0) is 15.0. The van der Waals surface area contributed by atoms with E-state index in [1.807, 2.05) is 0 Å². The highest BCUT2D eigenvalue weighted by Gasteiger charge is 2.41. The number of rotatable bonds is 2. The number of ether oxygens (including phenoxy) is 1. The van der Waals surface area contributed by atoms with E-state index < -0.39 is 10.0 Å². The molecule has 2 aliphatic rings. The summed E-state index contributed by atoms with van der Waals surface area (Å²) in [4.78, 5) is 3.99. The highest BCUT2D eigenvalue weighted by molar-refractivity contribution is 9.10. The van der Waals surface area contributed by atoms with Crippen molar-refractivity contribution in [3.8, 4) is 0 Å². The van der Waals surface area contributed by atoms with Gasteiger partial charge < -0.3 is 4.74 Å². The molecule has 0 radical (unpaired) electrons. The van der Waals surface area contributed by atoms with Gasteiger partial charge in [0.2, 0.25) is 10.0 Å². The number of morpholine rings is 1. The van der Waals surface area contributed by atoms with Crippen LogP contribution in [0.25, 0.3) is 0 Å². The van der Waals surface area contributed by atoms with Crippen LogP contribution in [0.2, 0.25) is 5.15 Å². The molecule has 2 unspecified atom stereocenters. The van der Waals surface area contributed by atoms with Crippen molar-refractivity contribution in [2.45, 2.75) is 42.7 Å². The third-order valence-corrected chi connectivity index (χ3v) is 6.83. The Labute approximate surface area is 137 Å². The summed E-state index contributed by atoms with van der Waals surface area (Å²) in [6.07, 6.45) is 5.37. The smallest absolute Gasteiger partial charge is 0.246 e. The number of hydrogen-bond acceptors (Lipinski definition) is 4. The van der Waals surface area contributed by atoms with Crippen molar-refractivity contribution >= 4 is 37.6 Å². The van der Waals surface area contributed by atoms with E-state index in [9.17, 15) is 8.42 Å². The Hall–Kier alpha value is -0.210. The van der Waals surface area contributed by atoms with Gasteiger partial charge in [-0.2, -0.15) is 4.31 Å².